The van der Waals surface area contributed by atoms with Gasteiger partial charge in [0, 0.05) is 6.54 Å². The van der Waals surface area contributed by atoms with Crippen LogP contribution in [0, 0.1) is 0 Å². The molecule has 0 aromatic carbocycles. The van der Waals surface area contributed by atoms with Crippen molar-refractivity contribution in [3.05, 3.63) is 0 Å². The van der Waals surface area contributed by atoms with Crippen LogP contribution in [0.1, 0.15) is 39.5 Å². The van der Waals surface area contributed by atoms with E-state index in [1.54, 1.807) is 0 Å². The molecule has 1 unspecified atom stereocenters. The molecule has 1 N–H and O–H groups in total. The normalized spacial score (nSPS) is 27.9. The van der Waals surface area contributed by atoms with Crippen molar-refractivity contribution in [1.29, 1.82) is 0 Å². The second-order valence-corrected chi connectivity index (χ2v) is 4.17. The Kier molecular flexibility index (Phi) is 3.93. The van der Waals surface area contributed by atoms with Gasteiger partial charge < -0.3 is 5.32 Å². The van der Waals surface area contributed by atoms with E-state index < -0.39 is 0 Å². The van der Waals surface area contributed by atoms with Crippen molar-refractivity contribution in [2.24, 2.45) is 0 Å². The second kappa shape index (κ2) is 4.78. The van der Waals surface area contributed by atoms with Crippen molar-refractivity contribution >= 4 is 5.91 Å². The van der Waals surface area contributed by atoms with E-state index >= 15 is 0 Å². The first kappa shape index (κ1) is 11.5. The number of rotatable bonds is 4. The van der Waals surface area contributed by atoms with Crippen LogP contribution in [0.5, 0.6) is 0 Å². The third-order valence-corrected chi connectivity index (χ3v) is 3.36. The van der Waals surface area contributed by atoms with Crippen LogP contribution in [0.25, 0.3) is 0 Å². The highest BCUT2D eigenvalue weighted by atomic mass is 16.2. The van der Waals surface area contributed by atoms with E-state index in [4.69, 9.17) is 0 Å². The number of likely N-dealkylation sites (N-methyl/N-ethyl adjacent to an activating group) is 1. The molecular weight excluding hydrogens is 176 g/mol. The largest absolute Gasteiger partial charge is 0.355 e. The minimum atomic E-state index is -0.213. The highest BCUT2D eigenvalue weighted by Crippen LogP contribution is 2.30. The van der Waals surface area contributed by atoms with Crippen molar-refractivity contribution in [2.45, 2.75) is 45.1 Å². The maximum absolute atomic E-state index is 12.0. The van der Waals surface area contributed by atoms with E-state index in [1.807, 2.05) is 0 Å². The van der Waals surface area contributed by atoms with E-state index in [2.05, 4.69) is 31.1 Å². The SMILES string of the molecule is CCCNC(=O)C1(CC)CCCN1C. The quantitative estimate of drug-likeness (QED) is 0.740. The number of likely N-dealkylation sites (tertiary alicyclic amines) is 1. The summed E-state index contributed by atoms with van der Waals surface area (Å²) in [6, 6.07) is 0. The summed E-state index contributed by atoms with van der Waals surface area (Å²) in [5.41, 5.74) is -0.213. The number of nitrogens with zero attached hydrogens (tertiary/aromatic N) is 1. The summed E-state index contributed by atoms with van der Waals surface area (Å²) in [6.07, 6.45) is 4.08. The average Bonchev–Trinajstić information content (AvgIpc) is 2.57. The molecular formula is C11H22N2O. The van der Waals surface area contributed by atoms with Crippen LogP contribution in [-0.4, -0.2) is 36.5 Å². The minimum absolute atomic E-state index is 0.213. The molecule has 1 saturated heterocycles. The first-order valence-corrected chi connectivity index (χ1v) is 5.67. The molecule has 0 bridgehead atoms. The molecule has 0 aromatic heterocycles. The van der Waals surface area contributed by atoms with Crippen LogP contribution in [0.15, 0.2) is 0 Å². The Labute approximate surface area is 86.9 Å². The Morgan fingerprint density at radius 3 is 2.64 bits per heavy atom. The van der Waals surface area contributed by atoms with Crippen molar-refractivity contribution in [2.75, 3.05) is 20.1 Å². The zero-order chi connectivity index (χ0) is 10.6. The number of carbonyl (C=O) groups excluding carboxylic acids is 1. The Morgan fingerprint density at radius 1 is 1.50 bits per heavy atom. The molecule has 82 valence electrons. The standard InChI is InChI=1S/C11H22N2O/c1-4-8-12-10(14)11(5-2)7-6-9-13(11)3/h4-9H2,1-3H3,(H,12,14). The summed E-state index contributed by atoms with van der Waals surface area (Å²) in [5, 5.41) is 3.02. The molecule has 3 nitrogen and oxygen atoms in total. The molecule has 1 aliphatic heterocycles. The maximum atomic E-state index is 12.0. The van der Waals surface area contributed by atoms with Gasteiger partial charge in [-0.3, -0.25) is 9.69 Å². The summed E-state index contributed by atoms with van der Waals surface area (Å²) in [6.45, 7) is 6.03. The van der Waals surface area contributed by atoms with Gasteiger partial charge in [-0.05, 0) is 39.3 Å². The van der Waals surface area contributed by atoms with E-state index in [-0.39, 0.29) is 11.4 Å². The molecule has 1 aliphatic rings. The first-order chi connectivity index (χ1) is 6.67. The second-order valence-electron chi connectivity index (χ2n) is 4.17. The molecule has 0 spiro atoms. The van der Waals surface area contributed by atoms with Gasteiger partial charge >= 0.3 is 0 Å². The smallest absolute Gasteiger partial charge is 0.240 e. The fraction of sp³-hybridized carbons (Fsp3) is 0.909. The monoisotopic (exact) mass is 198 g/mol. The average molecular weight is 198 g/mol. The fourth-order valence-electron chi connectivity index (χ4n) is 2.31. The number of amides is 1. The fourth-order valence-corrected chi connectivity index (χ4v) is 2.31. The van der Waals surface area contributed by atoms with Gasteiger partial charge in [-0.1, -0.05) is 13.8 Å². The molecule has 0 aromatic rings. The molecule has 1 heterocycles. The summed E-state index contributed by atoms with van der Waals surface area (Å²) >= 11 is 0. The molecule has 0 radical (unpaired) electrons. The molecule has 3 heteroatoms. The Balaban J connectivity index is 2.64. The lowest BCUT2D eigenvalue weighted by atomic mass is 9.92. The molecule has 0 aliphatic carbocycles. The summed E-state index contributed by atoms with van der Waals surface area (Å²) in [7, 11) is 2.06. The predicted octanol–water partition coefficient (Wildman–Crippen LogP) is 1.39. The molecule has 1 atom stereocenters. The van der Waals surface area contributed by atoms with Crippen LogP contribution in [0.3, 0.4) is 0 Å². The zero-order valence-electron chi connectivity index (χ0n) is 9.60. The summed E-state index contributed by atoms with van der Waals surface area (Å²) in [5.74, 6) is 0.224. The van der Waals surface area contributed by atoms with E-state index in [1.165, 1.54) is 0 Å². The number of carbonyl (C=O) groups is 1. The predicted molar refractivity (Wildman–Crippen MR) is 58.2 cm³/mol. The van der Waals surface area contributed by atoms with Crippen LogP contribution < -0.4 is 5.32 Å². The van der Waals surface area contributed by atoms with Gasteiger partial charge in [-0.25, -0.2) is 0 Å². The summed E-state index contributed by atoms with van der Waals surface area (Å²) < 4.78 is 0. The number of hydrogen-bond acceptors (Lipinski definition) is 2. The van der Waals surface area contributed by atoms with Crippen molar-refractivity contribution in [1.82, 2.24) is 10.2 Å². The molecule has 1 rings (SSSR count). The Morgan fingerprint density at radius 2 is 2.21 bits per heavy atom. The van der Waals surface area contributed by atoms with Gasteiger partial charge in [0.15, 0.2) is 0 Å². The highest BCUT2D eigenvalue weighted by Gasteiger charge is 2.43. The van der Waals surface area contributed by atoms with Crippen molar-refractivity contribution in [3.8, 4) is 0 Å². The van der Waals surface area contributed by atoms with Gasteiger partial charge in [0.1, 0.15) is 0 Å². The first-order valence-electron chi connectivity index (χ1n) is 5.67. The van der Waals surface area contributed by atoms with E-state index in [0.29, 0.717) is 0 Å². The topological polar surface area (TPSA) is 32.3 Å². The van der Waals surface area contributed by atoms with Gasteiger partial charge in [-0.15, -0.1) is 0 Å². The van der Waals surface area contributed by atoms with Crippen molar-refractivity contribution in [3.63, 3.8) is 0 Å². The molecule has 0 saturated carbocycles. The minimum Gasteiger partial charge on any atom is -0.355 e. The van der Waals surface area contributed by atoms with Gasteiger partial charge in [0.25, 0.3) is 0 Å². The third-order valence-electron chi connectivity index (χ3n) is 3.36. The molecule has 1 amide bonds. The molecule has 1 fully saturated rings. The highest BCUT2D eigenvalue weighted by molar-refractivity contribution is 5.86. The number of nitrogens with one attached hydrogen (secondary N) is 1. The Hall–Kier alpha value is -0.570. The van der Waals surface area contributed by atoms with Crippen LogP contribution in [-0.2, 0) is 4.79 Å². The van der Waals surface area contributed by atoms with E-state index in [0.717, 1.165) is 38.8 Å². The van der Waals surface area contributed by atoms with Crippen LogP contribution in [0.2, 0.25) is 0 Å². The maximum Gasteiger partial charge on any atom is 0.240 e. The van der Waals surface area contributed by atoms with Crippen LogP contribution >= 0.6 is 0 Å². The summed E-state index contributed by atoms with van der Waals surface area (Å²) in [4.78, 5) is 14.2. The van der Waals surface area contributed by atoms with Gasteiger partial charge in [-0.2, -0.15) is 0 Å². The molecule has 14 heavy (non-hydrogen) atoms. The zero-order valence-corrected chi connectivity index (χ0v) is 9.60. The van der Waals surface area contributed by atoms with Gasteiger partial charge in [0.2, 0.25) is 5.91 Å². The van der Waals surface area contributed by atoms with Gasteiger partial charge in [0.05, 0.1) is 5.54 Å². The lowest BCUT2D eigenvalue weighted by Gasteiger charge is -2.33. The van der Waals surface area contributed by atoms with Crippen molar-refractivity contribution < 1.29 is 4.79 Å². The lowest BCUT2D eigenvalue weighted by molar-refractivity contribution is -0.131. The van der Waals surface area contributed by atoms with E-state index in [9.17, 15) is 4.79 Å². The third kappa shape index (κ3) is 1.92. The number of hydrogen-bond donors (Lipinski definition) is 1. The Bertz CT molecular complexity index is 205. The van der Waals surface area contributed by atoms with Crippen LogP contribution in [0.4, 0.5) is 0 Å². The lowest BCUT2D eigenvalue weighted by Crippen LogP contribution is -2.53.